The Morgan fingerprint density at radius 3 is 2.60 bits per heavy atom. The highest BCUT2D eigenvalue weighted by Gasteiger charge is 2.23. The van der Waals surface area contributed by atoms with Gasteiger partial charge in [0.1, 0.15) is 5.75 Å². The highest BCUT2D eigenvalue weighted by atomic mass is 35.5. The van der Waals surface area contributed by atoms with Crippen LogP contribution in [-0.4, -0.2) is 38.2 Å². The number of hydrogen-bond acceptors (Lipinski definition) is 3. The van der Waals surface area contributed by atoms with Crippen LogP contribution in [0.25, 0.3) is 0 Å². The van der Waals surface area contributed by atoms with E-state index in [1.807, 2.05) is 6.07 Å². The van der Waals surface area contributed by atoms with Gasteiger partial charge in [0.2, 0.25) is 0 Å². The molecule has 1 heterocycles. The molecule has 1 aliphatic heterocycles. The van der Waals surface area contributed by atoms with Crippen molar-refractivity contribution in [2.45, 2.75) is 26.3 Å². The Kier molecular flexibility index (Phi) is 5.70. The maximum atomic E-state index is 6.14. The van der Waals surface area contributed by atoms with Gasteiger partial charge in [0.25, 0.3) is 0 Å². The maximum absolute atomic E-state index is 6.14. The number of hydrogen-bond donors (Lipinski definition) is 1. The van der Waals surface area contributed by atoms with E-state index in [0.717, 1.165) is 38.3 Å². The minimum Gasteiger partial charge on any atom is -0.495 e. The molecule has 1 aliphatic rings. The van der Waals surface area contributed by atoms with Crippen LogP contribution in [-0.2, 0) is 0 Å². The summed E-state index contributed by atoms with van der Waals surface area (Å²) in [7, 11) is 1.67. The van der Waals surface area contributed by atoms with Crippen LogP contribution < -0.4 is 10.1 Å². The average molecular weight is 297 g/mol. The first kappa shape index (κ1) is 15.6. The van der Waals surface area contributed by atoms with Crippen LogP contribution in [0.3, 0.4) is 0 Å². The van der Waals surface area contributed by atoms with Crippen molar-refractivity contribution < 1.29 is 4.74 Å². The van der Waals surface area contributed by atoms with Crippen molar-refractivity contribution in [2.75, 3.05) is 33.3 Å². The minimum atomic E-state index is 0.447. The molecule has 3 nitrogen and oxygen atoms in total. The van der Waals surface area contributed by atoms with Crippen LogP contribution in [0.5, 0.6) is 5.75 Å². The first-order valence-corrected chi connectivity index (χ1v) is 7.77. The Hall–Kier alpha value is -0.770. The van der Waals surface area contributed by atoms with Crippen LogP contribution in [0.4, 0.5) is 0 Å². The van der Waals surface area contributed by atoms with Gasteiger partial charge in [-0.25, -0.2) is 0 Å². The SMILES string of the molecule is COc1cc([C@H](CC(C)C)N2CCNCC2)ccc1Cl. The number of benzene rings is 1. The fraction of sp³-hybridized carbons (Fsp3) is 0.625. The van der Waals surface area contributed by atoms with Crippen LogP contribution in [0.15, 0.2) is 18.2 Å². The summed E-state index contributed by atoms with van der Waals surface area (Å²) in [5.74, 6) is 1.43. The summed E-state index contributed by atoms with van der Waals surface area (Å²) >= 11 is 6.14. The van der Waals surface area contributed by atoms with E-state index in [2.05, 4.69) is 36.2 Å². The molecule has 2 rings (SSSR count). The molecule has 0 amide bonds. The highest BCUT2D eigenvalue weighted by molar-refractivity contribution is 6.32. The van der Waals surface area contributed by atoms with Gasteiger partial charge >= 0.3 is 0 Å². The third kappa shape index (κ3) is 3.87. The number of piperazine rings is 1. The second-order valence-electron chi connectivity index (χ2n) is 5.83. The third-order valence-corrected chi connectivity index (χ3v) is 4.16. The second-order valence-corrected chi connectivity index (χ2v) is 6.23. The molecule has 0 spiro atoms. The van der Waals surface area contributed by atoms with Gasteiger partial charge < -0.3 is 10.1 Å². The number of nitrogens with one attached hydrogen (secondary N) is 1. The molecule has 0 radical (unpaired) electrons. The fourth-order valence-corrected chi connectivity index (χ4v) is 3.01. The van der Waals surface area contributed by atoms with Crippen molar-refractivity contribution in [1.82, 2.24) is 10.2 Å². The van der Waals surface area contributed by atoms with Gasteiger partial charge in [0.15, 0.2) is 0 Å². The summed E-state index contributed by atoms with van der Waals surface area (Å²) in [5, 5.41) is 4.10. The normalized spacial score (nSPS) is 18.2. The Morgan fingerprint density at radius 1 is 1.30 bits per heavy atom. The average Bonchev–Trinajstić information content (AvgIpc) is 2.46. The summed E-state index contributed by atoms with van der Waals surface area (Å²) in [4.78, 5) is 2.57. The summed E-state index contributed by atoms with van der Waals surface area (Å²) in [6, 6.07) is 6.63. The topological polar surface area (TPSA) is 24.5 Å². The molecule has 1 aromatic carbocycles. The molecule has 20 heavy (non-hydrogen) atoms. The van der Waals surface area contributed by atoms with E-state index in [1.54, 1.807) is 7.11 Å². The molecular formula is C16H25ClN2O. The van der Waals surface area contributed by atoms with Crippen LogP contribution in [0, 0.1) is 5.92 Å². The lowest BCUT2D eigenvalue weighted by Gasteiger charge is -2.36. The quantitative estimate of drug-likeness (QED) is 0.902. The summed E-state index contributed by atoms with van der Waals surface area (Å²) in [6.07, 6.45) is 1.16. The zero-order valence-electron chi connectivity index (χ0n) is 12.7. The highest BCUT2D eigenvalue weighted by Crippen LogP contribution is 2.33. The van der Waals surface area contributed by atoms with Gasteiger partial charge in [-0.1, -0.05) is 31.5 Å². The third-order valence-electron chi connectivity index (χ3n) is 3.85. The van der Waals surface area contributed by atoms with Gasteiger partial charge in [-0.15, -0.1) is 0 Å². The van der Waals surface area contributed by atoms with Crippen molar-refractivity contribution in [1.29, 1.82) is 0 Å². The molecule has 1 N–H and O–H groups in total. The van der Waals surface area contributed by atoms with Crippen LogP contribution in [0.2, 0.25) is 5.02 Å². The molecule has 1 atom stereocenters. The first-order chi connectivity index (χ1) is 9.61. The lowest BCUT2D eigenvalue weighted by molar-refractivity contribution is 0.154. The molecule has 0 saturated carbocycles. The Morgan fingerprint density at radius 2 is 2.00 bits per heavy atom. The number of nitrogens with zero attached hydrogens (tertiary/aromatic N) is 1. The predicted molar refractivity (Wildman–Crippen MR) is 84.6 cm³/mol. The zero-order chi connectivity index (χ0) is 14.5. The van der Waals surface area contributed by atoms with Gasteiger partial charge in [-0.2, -0.15) is 0 Å². The van der Waals surface area contributed by atoms with Gasteiger partial charge in [-0.3, -0.25) is 4.90 Å². The molecule has 0 unspecified atom stereocenters. The van der Waals surface area contributed by atoms with E-state index < -0.39 is 0 Å². The van der Waals surface area contributed by atoms with E-state index in [4.69, 9.17) is 16.3 Å². The summed E-state index contributed by atoms with van der Waals surface area (Å²) in [6.45, 7) is 8.90. The van der Waals surface area contributed by atoms with Crippen LogP contribution in [0.1, 0.15) is 31.9 Å². The van der Waals surface area contributed by atoms with E-state index in [1.165, 1.54) is 5.56 Å². The molecule has 1 fully saturated rings. The summed E-state index contributed by atoms with van der Waals surface area (Å²) < 4.78 is 5.37. The second kappa shape index (κ2) is 7.30. The molecule has 4 heteroatoms. The Balaban J connectivity index is 2.24. The first-order valence-electron chi connectivity index (χ1n) is 7.40. The molecule has 1 saturated heterocycles. The predicted octanol–water partition coefficient (Wildman–Crippen LogP) is 3.34. The van der Waals surface area contributed by atoms with Gasteiger partial charge in [0.05, 0.1) is 12.1 Å². The van der Waals surface area contributed by atoms with Crippen molar-refractivity contribution in [3.63, 3.8) is 0 Å². The lowest BCUT2D eigenvalue weighted by Crippen LogP contribution is -2.45. The molecular weight excluding hydrogens is 272 g/mol. The number of ether oxygens (including phenoxy) is 1. The van der Waals surface area contributed by atoms with Gasteiger partial charge in [0, 0.05) is 32.2 Å². The van der Waals surface area contributed by atoms with E-state index in [0.29, 0.717) is 17.0 Å². The van der Waals surface area contributed by atoms with E-state index >= 15 is 0 Å². The summed E-state index contributed by atoms with van der Waals surface area (Å²) in [5.41, 5.74) is 1.31. The van der Waals surface area contributed by atoms with Crippen LogP contribution >= 0.6 is 11.6 Å². The number of halogens is 1. The Bertz CT molecular complexity index is 430. The molecule has 112 valence electrons. The van der Waals surface area contributed by atoms with Crippen molar-refractivity contribution in [3.05, 3.63) is 28.8 Å². The lowest BCUT2D eigenvalue weighted by atomic mass is 9.95. The standard InChI is InChI=1S/C16H25ClN2O/c1-12(2)10-15(19-8-6-18-7-9-19)13-4-5-14(17)16(11-13)20-3/h4-5,11-12,15,18H,6-10H2,1-3H3/t15-/m0/s1. The molecule has 0 aromatic heterocycles. The fourth-order valence-electron chi connectivity index (χ4n) is 2.82. The minimum absolute atomic E-state index is 0.447. The monoisotopic (exact) mass is 296 g/mol. The molecule has 0 aliphatic carbocycles. The molecule has 1 aromatic rings. The maximum Gasteiger partial charge on any atom is 0.137 e. The Labute approximate surface area is 127 Å². The van der Waals surface area contributed by atoms with Crippen molar-refractivity contribution >= 4 is 11.6 Å². The number of methoxy groups -OCH3 is 1. The largest absolute Gasteiger partial charge is 0.495 e. The van der Waals surface area contributed by atoms with Crippen molar-refractivity contribution in [2.24, 2.45) is 5.92 Å². The smallest absolute Gasteiger partial charge is 0.137 e. The molecule has 0 bridgehead atoms. The zero-order valence-corrected chi connectivity index (χ0v) is 13.4. The van der Waals surface area contributed by atoms with Crippen molar-refractivity contribution in [3.8, 4) is 5.75 Å². The van der Waals surface area contributed by atoms with E-state index in [9.17, 15) is 0 Å². The van der Waals surface area contributed by atoms with E-state index in [-0.39, 0.29) is 0 Å². The van der Waals surface area contributed by atoms with Gasteiger partial charge in [-0.05, 0) is 30.0 Å². The number of rotatable bonds is 5.